The van der Waals surface area contributed by atoms with Crippen LogP contribution < -0.4 is 11.1 Å². The zero-order chi connectivity index (χ0) is 14.8. The SMILES string of the molecule is CC1CCCC(N)(C(=O)N[C@@H](C)c2ccc(F)cc2)C1. The number of carbonyl (C=O) groups excluding carboxylic acids is 1. The van der Waals surface area contributed by atoms with Gasteiger partial charge in [0.25, 0.3) is 0 Å². The summed E-state index contributed by atoms with van der Waals surface area (Å²) in [7, 11) is 0. The second-order valence-electron chi connectivity index (χ2n) is 6.10. The van der Waals surface area contributed by atoms with Crippen LogP contribution in [-0.4, -0.2) is 11.4 Å². The molecule has 1 saturated carbocycles. The fourth-order valence-corrected chi connectivity index (χ4v) is 2.97. The quantitative estimate of drug-likeness (QED) is 0.893. The van der Waals surface area contributed by atoms with E-state index in [2.05, 4.69) is 12.2 Å². The Bertz CT molecular complexity index is 474. The van der Waals surface area contributed by atoms with E-state index in [4.69, 9.17) is 5.73 Å². The Morgan fingerprint density at radius 2 is 2.10 bits per heavy atom. The number of nitrogens with two attached hydrogens (primary N) is 1. The van der Waals surface area contributed by atoms with Gasteiger partial charge in [-0.3, -0.25) is 4.79 Å². The summed E-state index contributed by atoms with van der Waals surface area (Å²) < 4.78 is 12.9. The van der Waals surface area contributed by atoms with Gasteiger partial charge in [0, 0.05) is 0 Å². The van der Waals surface area contributed by atoms with Crippen LogP contribution in [0.5, 0.6) is 0 Å². The van der Waals surface area contributed by atoms with Gasteiger partial charge in [0.2, 0.25) is 5.91 Å². The number of benzene rings is 1. The van der Waals surface area contributed by atoms with E-state index in [1.165, 1.54) is 12.1 Å². The predicted octanol–water partition coefficient (Wildman–Crippen LogP) is 2.91. The van der Waals surface area contributed by atoms with Crippen molar-refractivity contribution in [1.82, 2.24) is 5.32 Å². The van der Waals surface area contributed by atoms with Gasteiger partial charge in [-0.2, -0.15) is 0 Å². The van der Waals surface area contributed by atoms with E-state index in [1.54, 1.807) is 12.1 Å². The Kier molecular flexibility index (Phi) is 4.43. The maximum absolute atomic E-state index is 12.9. The lowest BCUT2D eigenvalue weighted by atomic mass is 9.76. The predicted molar refractivity (Wildman–Crippen MR) is 77.5 cm³/mol. The molecule has 0 aliphatic heterocycles. The minimum Gasteiger partial charge on any atom is -0.348 e. The number of halogens is 1. The Morgan fingerprint density at radius 1 is 1.45 bits per heavy atom. The molecule has 0 bridgehead atoms. The zero-order valence-electron chi connectivity index (χ0n) is 12.2. The Morgan fingerprint density at radius 3 is 2.70 bits per heavy atom. The molecule has 3 nitrogen and oxygen atoms in total. The Balaban J connectivity index is 2.01. The molecule has 3 N–H and O–H groups in total. The molecule has 0 spiro atoms. The molecule has 1 aliphatic carbocycles. The van der Waals surface area contributed by atoms with E-state index < -0.39 is 5.54 Å². The molecule has 1 fully saturated rings. The highest BCUT2D eigenvalue weighted by Crippen LogP contribution is 2.31. The van der Waals surface area contributed by atoms with Gasteiger partial charge >= 0.3 is 0 Å². The van der Waals surface area contributed by atoms with Crippen molar-refractivity contribution in [3.05, 3.63) is 35.6 Å². The normalized spacial score (nSPS) is 27.9. The van der Waals surface area contributed by atoms with Crippen LogP contribution in [0.2, 0.25) is 0 Å². The first-order chi connectivity index (χ1) is 9.40. The summed E-state index contributed by atoms with van der Waals surface area (Å²) in [4.78, 5) is 12.4. The summed E-state index contributed by atoms with van der Waals surface area (Å²) in [6.45, 7) is 4.03. The van der Waals surface area contributed by atoms with Crippen LogP contribution in [0.4, 0.5) is 4.39 Å². The van der Waals surface area contributed by atoms with Crippen molar-refractivity contribution >= 4 is 5.91 Å². The van der Waals surface area contributed by atoms with Crippen LogP contribution in [0.15, 0.2) is 24.3 Å². The molecule has 1 aromatic rings. The monoisotopic (exact) mass is 278 g/mol. The van der Waals surface area contributed by atoms with Crippen LogP contribution >= 0.6 is 0 Å². The summed E-state index contributed by atoms with van der Waals surface area (Å²) in [5.41, 5.74) is 6.40. The fraction of sp³-hybridized carbons (Fsp3) is 0.562. The average Bonchev–Trinajstić information content (AvgIpc) is 2.39. The summed E-state index contributed by atoms with van der Waals surface area (Å²) in [5, 5.41) is 2.96. The molecule has 3 atom stereocenters. The molecular formula is C16H23FN2O. The van der Waals surface area contributed by atoms with Gasteiger partial charge in [-0.25, -0.2) is 4.39 Å². The Labute approximate surface area is 119 Å². The number of nitrogens with one attached hydrogen (secondary N) is 1. The Hall–Kier alpha value is -1.42. The van der Waals surface area contributed by atoms with Crippen molar-refractivity contribution in [2.45, 2.75) is 51.1 Å². The molecule has 0 aromatic heterocycles. The fourth-order valence-electron chi connectivity index (χ4n) is 2.97. The minimum absolute atomic E-state index is 0.0964. The summed E-state index contributed by atoms with van der Waals surface area (Å²) in [6.07, 6.45) is 3.60. The second kappa shape index (κ2) is 5.92. The summed E-state index contributed by atoms with van der Waals surface area (Å²) in [6, 6.07) is 6.01. The lowest BCUT2D eigenvalue weighted by Gasteiger charge is -2.36. The first kappa shape index (κ1) is 15.0. The number of rotatable bonds is 3. The van der Waals surface area contributed by atoms with Crippen molar-refractivity contribution in [2.24, 2.45) is 11.7 Å². The molecular weight excluding hydrogens is 255 g/mol. The second-order valence-corrected chi connectivity index (χ2v) is 6.10. The van der Waals surface area contributed by atoms with Gasteiger partial charge < -0.3 is 11.1 Å². The minimum atomic E-state index is -0.758. The van der Waals surface area contributed by atoms with Crippen LogP contribution in [0.3, 0.4) is 0 Å². The van der Waals surface area contributed by atoms with Gasteiger partial charge in [0.15, 0.2) is 0 Å². The van der Waals surface area contributed by atoms with Gasteiger partial charge in [0.05, 0.1) is 11.6 Å². The zero-order valence-corrected chi connectivity index (χ0v) is 12.2. The van der Waals surface area contributed by atoms with E-state index in [0.717, 1.165) is 31.2 Å². The largest absolute Gasteiger partial charge is 0.348 e. The van der Waals surface area contributed by atoms with Crippen LogP contribution in [0, 0.1) is 11.7 Å². The smallest absolute Gasteiger partial charge is 0.240 e. The molecule has 1 aromatic carbocycles. The molecule has 1 aliphatic rings. The first-order valence-corrected chi connectivity index (χ1v) is 7.26. The van der Waals surface area contributed by atoms with E-state index >= 15 is 0 Å². The molecule has 0 heterocycles. The molecule has 110 valence electrons. The molecule has 0 saturated heterocycles. The third kappa shape index (κ3) is 3.37. The lowest BCUT2D eigenvalue weighted by molar-refractivity contribution is -0.128. The maximum Gasteiger partial charge on any atom is 0.240 e. The lowest BCUT2D eigenvalue weighted by Crippen LogP contribution is -2.56. The highest BCUT2D eigenvalue weighted by atomic mass is 19.1. The summed E-state index contributed by atoms with van der Waals surface area (Å²) in [5.74, 6) is 0.116. The van der Waals surface area contributed by atoms with Crippen molar-refractivity contribution < 1.29 is 9.18 Å². The number of hydrogen-bond acceptors (Lipinski definition) is 2. The third-order valence-electron chi connectivity index (χ3n) is 4.20. The van der Waals surface area contributed by atoms with Crippen LogP contribution in [0.1, 0.15) is 51.1 Å². The third-order valence-corrected chi connectivity index (χ3v) is 4.20. The first-order valence-electron chi connectivity index (χ1n) is 7.26. The standard InChI is InChI=1S/C16H23FN2O/c1-11-4-3-9-16(18,10-11)15(20)19-12(2)13-5-7-14(17)8-6-13/h5-8,11-12H,3-4,9-10,18H2,1-2H3,(H,19,20)/t11?,12-,16?/m0/s1. The number of carbonyl (C=O) groups is 1. The molecule has 2 unspecified atom stereocenters. The topological polar surface area (TPSA) is 55.1 Å². The number of hydrogen-bond donors (Lipinski definition) is 2. The van der Waals surface area contributed by atoms with Crippen molar-refractivity contribution in [1.29, 1.82) is 0 Å². The molecule has 0 radical (unpaired) electrons. The van der Waals surface area contributed by atoms with E-state index in [-0.39, 0.29) is 17.8 Å². The highest BCUT2D eigenvalue weighted by Gasteiger charge is 2.38. The van der Waals surface area contributed by atoms with Gasteiger partial charge in [-0.15, -0.1) is 0 Å². The molecule has 20 heavy (non-hydrogen) atoms. The van der Waals surface area contributed by atoms with Crippen molar-refractivity contribution in [3.63, 3.8) is 0 Å². The van der Waals surface area contributed by atoms with Crippen LogP contribution in [0.25, 0.3) is 0 Å². The van der Waals surface area contributed by atoms with E-state index in [0.29, 0.717) is 5.92 Å². The summed E-state index contributed by atoms with van der Waals surface area (Å²) >= 11 is 0. The van der Waals surface area contributed by atoms with Gasteiger partial charge in [-0.1, -0.05) is 31.9 Å². The van der Waals surface area contributed by atoms with E-state index in [1.807, 2.05) is 6.92 Å². The molecule has 1 amide bonds. The van der Waals surface area contributed by atoms with Crippen LogP contribution in [-0.2, 0) is 4.79 Å². The maximum atomic E-state index is 12.9. The number of amides is 1. The van der Waals surface area contributed by atoms with Gasteiger partial charge in [-0.05, 0) is 43.4 Å². The average molecular weight is 278 g/mol. The van der Waals surface area contributed by atoms with Crippen molar-refractivity contribution in [2.75, 3.05) is 0 Å². The highest BCUT2D eigenvalue weighted by molar-refractivity contribution is 5.86. The van der Waals surface area contributed by atoms with Crippen molar-refractivity contribution in [3.8, 4) is 0 Å². The van der Waals surface area contributed by atoms with E-state index in [9.17, 15) is 9.18 Å². The molecule has 4 heteroatoms. The van der Waals surface area contributed by atoms with Gasteiger partial charge in [0.1, 0.15) is 5.82 Å². The molecule has 2 rings (SSSR count).